The number of H-pyrrole nitrogens is 1. The van der Waals surface area contributed by atoms with Gasteiger partial charge in [-0.3, -0.25) is 4.79 Å². The summed E-state index contributed by atoms with van der Waals surface area (Å²) in [5, 5.41) is 23.8. The Balaban J connectivity index is 1.26. The summed E-state index contributed by atoms with van der Waals surface area (Å²) in [6, 6.07) is 13.9. The third kappa shape index (κ3) is 7.42. The Morgan fingerprint density at radius 1 is 1.16 bits per heavy atom. The first-order valence-corrected chi connectivity index (χ1v) is 18.9. The van der Waals surface area contributed by atoms with Crippen molar-refractivity contribution in [2.45, 2.75) is 96.2 Å². The minimum atomic E-state index is -2.15. The van der Waals surface area contributed by atoms with E-state index in [1.165, 1.54) is 31.7 Å². The van der Waals surface area contributed by atoms with Gasteiger partial charge in [-0.15, -0.1) is 5.10 Å². The molecule has 1 saturated carbocycles. The molecule has 5 rings (SSSR count). The number of hydrogen-bond donors (Lipinski definition) is 3. The van der Waals surface area contributed by atoms with Crippen LogP contribution in [0, 0.1) is 6.42 Å². The minimum absolute atomic E-state index is 0.0210. The fourth-order valence-electron chi connectivity index (χ4n) is 5.93. The molecule has 4 aromatic rings. The summed E-state index contributed by atoms with van der Waals surface area (Å²) in [5.74, 6) is 0.0526. The van der Waals surface area contributed by atoms with Gasteiger partial charge in [0.05, 0.1) is 17.1 Å². The molecule has 1 atom stereocenters. The highest BCUT2D eigenvalue weighted by Crippen LogP contribution is 2.41. The van der Waals surface area contributed by atoms with Crippen molar-refractivity contribution in [3.63, 3.8) is 0 Å². The number of pyridine rings is 1. The van der Waals surface area contributed by atoms with E-state index in [1.807, 2.05) is 10.7 Å². The summed E-state index contributed by atoms with van der Waals surface area (Å²) in [7, 11) is 0.0977. The van der Waals surface area contributed by atoms with Crippen LogP contribution >= 0.6 is 0 Å². The fraction of sp³-hybridized carbons (Fsp3) is 0.529. The van der Waals surface area contributed by atoms with Gasteiger partial charge in [-0.05, 0) is 106 Å². The van der Waals surface area contributed by atoms with Gasteiger partial charge in [-0.2, -0.15) is 0 Å². The third-order valence-corrected chi connectivity index (χ3v) is 14.1. The SMILES string of the molecule is CN(CCCn1nnc2cc(CNC[C@H](O[Si](C)(C)C(C)(C)C)c3ccc(O)c4[nH]c(=O)ccc34)ccc21)C1CC[CH]CC1. The van der Waals surface area contributed by atoms with Crippen molar-refractivity contribution >= 4 is 30.3 Å². The molecule has 0 saturated heterocycles. The maximum absolute atomic E-state index is 12.0. The number of benzene rings is 2. The molecule has 0 bridgehead atoms. The van der Waals surface area contributed by atoms with Gasteiger partial charge < -0.3 is 24.7 Å². The molecule has 0 spiro atoms. The molecule has 0 unspecified atom stereocenters. The zero-order valence-electron chi connectivity index (χ0n) is 27.2. The summed E-state index contributed by atoms with van der Waals surface area (Å²) >= 11 is 0. The van der Waals surface area contributed by atoms with E-state index in [-0.39, 0.29) is 22.5 Å². The molecule has 1 fully saturated rings. The first kappa shape index (κ1) is 32.3. The van der Waals surface area contributed by atoms with Crippen LogP contribution in [-0.2, 0) is 17.5 Å². The predicted octanol–water partition coefficient (Wildman–Crippen LogP) is 6.30. The molecule has 10 heteroatoms. The molecule has 2 aromatic heterocycles. The van der Waals surface area contributed by atoms with E-state index in [1.54, 1.807) is 12.1 Å². The molecule has 0 amide bonds. The van der Waals surface area contributed by atoms with Gasteiger partial charge in [0.2, 0.25) is 5.56 Å². The van der Waals surface area contributed by atoms with Crippen LogP contribution in [0.2, 0.25) is 18.1 Å². The van der Waals surface area contributed by atoms with Gasteiger partial charge in [0.25, 0.3) is 0 Å². The highest BCUT2D eigenvalue weighted by molar-refractivity contribution is 6.74. The largest absolute Gasteiger partial charge is 0.506 e. The van der Waals surface area contributed by atoms with Crippen molar-refractivity contribution in [1.29, 1.82) is 0 Å². The van der Waals surface area contributed by atoms with Crippen LogP contribution in [0.4, 0.5) is 0 Å². The second-order valence-electron chi connectivity index (χ2n) is 13.8. The number of aromatic hydroxyl groups is 1. The van der Waals surface area contributed by atoms with Crippen LogP contribution < -0.4 is 10.9 Å². The summed E-state index contributed by atoms with van der Waals surface area (Å²) in [5.41, 5.74) is 4.23. The number of rotatable bonds is 12. The average molecular weight is 618 g/mol. The van der Waals surface area contributed by atoms with Gasteiger partial charge in [-0.1, -0.05) is 38.1 Å². The van der Waals surface area contributed by atoms with Gasteiger partial charge in [0.15, 0.2) is 8.32 Å². The molecule has 1 aliphatic rings. The molecular weight excluding hydrogens is 568 g/mol. The van der Waals surface area contributed by atoms with Crippen LogP contribution in [0.25, 0.3) is 21.9 Å². The molecule has 0 aliphatic heterocycles. The lowest BCUT2D eigenvalue weighted by Crippen LogP contribution is -2.43. The van der Waals surface area contributed by atoms with E-state index in [2.05, 4.69) is 91.0 Å². The minimum Gasteiger partial charge on any atom is -0.506 e. The maximum atomic E-state index is 12.0. The molecule has 44 heavy (non-hydrogen) atoms. The molecule has 237 valence electrons. The van der Waals surface area contributed by atoms with E-state index in [0.717, 1.165) is 47.1 Å². The smallest absolute Gasteiger partial charge is 0.248 e. The van der Waals surface area contributed by atoms with Crippen molar-refractivity contribution in [2.75, 3.05) is 20.1 Å². The number of phenols is 1. The Kier molecular flexibility index (Phi) is 9.94. The predicted molar refractivity (Wildman–Crippen MR) is 180 cm³/mol. The first-order valence-electron chi connectivity index (χ1n) is 16.0. The van der Waals surface area contributed by atoms with Crippen molar-refractivity contribution in [3.05, 3.63) is 70.4 Å². The van der Waals surface area contributed by atoms with E-state index in [0.29, 0.717) is 24.6 Å². The van der Waals surface area contributed by atoms with Gasteiger partial charge in [-0.25, -0.2) is 4.68 Å². The molecule has 1 radical (unpaired) electrons. The lowest BCUT2D eigenvalue weighted by molar-refractivity contribution is 0.181. The van der Waals surface area contributed by atoms with E-state index in [9.17, 15) is 9.90 Å². The Hall–Kier alpha value is -3.05. The van der Waals surface area contributed by atoms with Crippen LogP contribution in [0.15, 0.2) is 47.3 Å². The summed E-state index contributed by atoms with van der Waals surface area (Å²) in [4.78, 5) is 17.3. The third-order valence-electron chi connectivity index (χ3n) is 9.65. The van der Waals surface area contributed by atoms with E-state index in [4.69, 9.17) is 4.43 Å². The van der Waals surface area contributed by atoms with Crippen LogP contribution in [-0.4, -0.2) is 64.5 Å². The molecule has 2 heterocycles. The van der Waals surface area contributed by atoms with Gasteiger partial charge in [0, 0.05) is 37.1 Å². The summed E-state index contributed by atoms with van der Waals surface area (Å²) < 4.78 is 8.97. The van der Waals surface area contributed by atoms with Crippen molar-refractivity contribution in [3.8, 4) is 5.75 Å². The fourth-order valence-corrected chi connectivity index (χ4v) is 7.21. The number of aromatic amines is 1. The Morgan fingerprint density at radius 3 is 2.68 bits per heavy atom. The topological polar surface area (TPSA) is 108 Å². The number of aromatic nitrogens is 4. The molecule has 1 aliphatic carbocycles. The normalized spacial score (nSPS) is 15.9. The number of nitrogens with zero attached hydrogens (tertiary/aromatic N) is 4. The Bertz CT molecular complexity index is 1620. The van der Waals surface area contributed by atoms with Crippen molar-refractivity contribution in [1.82, 2.24) is 30.2 Å². The quantitative estimate of drug-likeness (QED) is 0.160. The monoisotopic (exact) mass is 617 g/mol. The number of nitrogens with one attached hydrogen (secondary N) is 2. The second kappa shape index (κ2) is 13.5. The highest BCUT2D eigenvalue weighted by Gasteiger charge is 2.39. The summed E-state index contributed by atoms with van der Waals surface area (Å²) in [6.07, 6.45) is 8.22. The maximum Gasteiger partial charge on any atom is 0.248 e. The van der Waals surface area contributed by atoms with Gasteiger partial charge >= 0.3 is 0 Å². The van der Waals surface area contributed by atoms with Crippen LogP contribution in [0.3, 0.4) is 0 Å². The zero-order chi connectivity index (χ0) is 31.5. The van der Waals surface area contributed by atoms with E-state index < -0.39 is 8.32 Å². The lowest BCUT2D eigenvalue weighted by atomic mass is 9.94. The Morgan fingerprint density at radius 2 is 1.93 bits per heavy atom. The standard InChI is InChI=1S/C34H49N6O3Si/c1-34(2,3)44(5,6)43-31(26-14-17-30(41)33-27(26)15-18-32(42)36-33)23-35-22-24-13-16-29-28(21-24)37-38-40(29)20-10-19-39(4)25-11-8-7-9-12-25/h7,13-18,21,25,31,35,41H,8-12,19-20,22-23H2,1-6H3,(H,36,42)/t31-/m0/s1. The second-order valence-corrected chi connectivity index (χ2v) is 18.6. The molecule has 3 N–H and O–H groups in total. The van der Waals surface area contributed by atoms with Crippen molar-refractivity contribution in [2.24, 2.45) is 0 Å². The average Bonchev–Trinajstić information content (AvgIpc) is 3.39. The van der Waals surface area contributed by atoms with E-state index >= 15 is 0 Å². The molecular formula is C34H49N6O3Si. The number of phenolic OH excluding ortho intramolecular Hbond substituents is 1. The zero-order valence-corrected chi connectivity index (χ0v) is 28.2. The van der Waals surface area contributed by atoms with Crippen molar-refractivity contribution < 1.29 is 9.53 Å². The summed E-state index contributed by atoms with van der Waals surface area (Å²) in [6.45, 7) is 14.3. The highest BCUT2D eigenvalue weighted by atomic mass is 28.4. The van der Waals surface area contributed by atoms with Crippen LogP contribution in [0.5, 0.6) is 5.75 Å². The van der Waals surface area contributed by atoms with Crippen LogP contribution in [0.1, 0.15) is 70.1 Å². The number of hydrogen-bond acceptors (Lipinski definition) is 7. The molecule has 2 aromatic carbocycles. The number of fused-ring (bicyclic) bond motifs is 2. The number of aryl methyl sites for hydroxylation is 1. The first-order chi connectivity index (χ1) is 20.9. The molecule has 9 nitrogen and oxygen atoms in total. The Labute approximate surface area is 262 Å². The van der Waals surface area contributed by atoms with Gasteiger partial charge in [0.1, 0.15) is 11.3 Å². The lowest BCUT2D eigenvalue weighted by Gasteiger charge is -2.39.